The van der Waals surface area contributed by atoms with Gasteiger partial charge in [0.2, 0.25) is 5.88 Å². The van der Waals surface area contributed by atoms with E-state index in [1.807, 2.05) is 27.7 Å². The fraction of sp³-hybridized carbons (Fsp3) is 0.667. The van der Waals surface area contributed by atoms with E-state index in [2.05, 4.69) is 15.4 Å². The number of anilines is 1. The van der Waals surface area contributed by atoms with Crippen LogP contribution in [0.2, 0.25) is 0 Å². The predicted molar refractivity (Wildman–Crippen MR) is 70.7 cm³/mol. The second kappa shape index (κ2) is 7.13. The van der Waals surface area contributed by atoms with Crippen LogP contribution in [0.1, 0.15) is 38.1 Å². The van der Waals surface area contributed by atoms with Crippen molar-refractivity contribution in [2.45, 2.75) is 33.6 Å². The fourth-order valence-corrected chi connectivity index (χ4v) is 1.39. The van der Waals surface area contributed by atoms with E-state index >= 15 is 0 Å². The smallest absolute Gasteiger partial charge is 0.221 e. The Labute approximate surface area is 108 Å². The van der Waals surface area contributed by atoms with Crippen molar-refractivity contribution in [2.75, 3.05) is 25.2 Å². The Morgan fingerprint density at radius 2 is 2.00 bits per heavy atom. The highest BCUT2D eigenvalue weighted by Gasteiger charge is 2.13. The van der Waals surface area contributed by atoms with E-state index in [9.17, 15) is 0 Å². The molecule has 0 aliphatic carbocycles. The molecule has 0 atom stereocenters. The fourth-order valence-electron chi connectivity index (χ4n) is 1.39. The van der Waals surface area contributed by atoms with Gasteiger partial charge < -0.3 is 14.9 Å². The van der Waals surface area contributed by atoms with Crippen LogP contribution in [-0.2, 0) is 4.74 Å². The topological polar surface area (TPSA) is 82.3 Å². The van der Waals surface area contributed by atoms with Crippen LogP contribution in [0.25, 0.3) is 0 Å². The van der Waals surface area contributed by atoms with Crippen LogP contribution in [0.15, 0.2) is 0 Å². The van der Waals surface area contributed by atoms with Crippen molar-refractivity contribution in [1.29, 1.82) is 0 Å². The van der Waals surface area contributed by atoms with Gasteiger partial charge in [0.25, 0.3) is 0 Å². The first-order chi connectivity index (χ1) is 8.60. The van der Waals surface area contributed by atoms with Gasteiger partial charge in [-0.1, -0.05) is 13.8 Å². The molecule has 1 heterocycles. The van der Waals surface area contributed by atoms with E-state index in [4.69, 9.17) is 15.3 Å². The summed E-state index contributed by atoms with van der Waals surface area (Å²) in [5.41, 5.74) is 3.37. The largest absolute Gasteiger partial charge is 0.475 e. The highest BCUT2D eigenvalue weighted by Crippen LogP contribution is 2.24. The van der Waals surface area contributed by atoms with Crippen molar-refractivity contribution >= 4 is 5.82 Å². The molecule has 0 saturated heterocycles. The van der Waals surface area contributed by atoms with E-state index in [1.165, 1.54) is 0 Å². The number of ether oxygens (including phenoxy) is 2. The molecule has 1 aromatic heterocycles. The monoisotopic (exact) mass is 254 g/mol. The molecular formula is C12H22N4O2. The van der Waals surface area contributed by atoms with Gasteiger partial charge in [0, 0.05) is 12.5 Å². The molecule has 6 heteroatoms. The second-order valence-corrected chi connectivity index (χ2v) is 4.20. The first-order valence-electron chi connectivity index (χ1n) is 6.15. The van der Waals surface area contributed by atoms with Crippen molar-refractivity contribution in [3.63, 3.8) is 0 Å². The molecule has 18 heavy (non-hydrogen) atoms. The van der Waals surface area contributed by atoms with Crippen molar-refractivity contribution < 1.29 is 9.47 Å². The van der Waals surface area contributed by atoms with Gasteiger partial charge in [-0.15, -0.1) is 0 Å². The summed E-state index contributed by atoms with van der Waals surface area (Å²) in [4.78, 5) is 8.73. The molecule has 0 fully saturated rings. The van der Waals surface area contributed by atoms with Crippen molar-refractivity contribution in [3.05, 3.63) is 11.4 Å². The minimum Gasteiger partial charge on any atom is -0.475 e. The Hall–Kier alpha value is -1.40. The van der Waals surface area contributed by atoms with Gasteiger partial charge >= 0.3 is 0 Å². The summed E-state index contributed by atoms with van der Waals surface area (Å²) in [6.07, 6.45) is 0. The maximum absolute atomic E-state index is 5.60. The number of hydrazine groups is 1. The molecule has 0 saturated carbocycles. The Kier molecular flexibility index (Phi) is 5.80. The van der Waals surface area contributed by atoms with Crippen LogP contribution in [-0.4, -0.2) is 29.8 Å². The third-order valence-electron chi connectivity index (χ3n) is 2.44. The number of aromatic nitrogens is 2. The Bertz CT molecular complexity index is 383. The standard InChI is InChI=1S/C12H22N4O2/c1-5-17-6-7-18-12-9(4)11(16-13)14-10(15-12)8(2)3/h8H,5-7,13H2,1-4H3,(H,14,15,16). The summed E-state index contributed by atoms with van der Waals surface area (Å²) in [6.45, 7) is 9.55. The van der Waals surface area contributed by atoms with Crippen LogP contribution < -0.4 is 16.0 Å². The second-order valence-electron chi connectivity index (χ2n) is 4.20. The maximum atomic E-state index is 5.60. The first-order valence-corrected chi connectivity index (χ1v) is 6.15. The van der Waals surface area contributed by atoms with Crippen molar-refractivity contribution in [1.82, 2.24) is 9.97 Å². The van der Waals surface area contributed by atoms with E-state index in [1.54, 1.807) is 0 Å². The minimum absolute atomic E-state index is 0.215. The molecule has 0 aliphatic rings. The van der Waals surface area contributed by atoms with E-state index in [0.717, 1.165) is 5.56 Å². The molecule has 0 aliphatic heterocycles. The number of nitrogens with zero attached hydrogens (tertiary/aromatic N) is 2. The molecule has 0 bridgehead atoms. The van der Waals surface area contributed by atoms with Gasteiger partial charge in [-0.3, -0.25) is 0 Å². The number of nitrogen functional groups attached to an aromatic ring is 1. The lowest BCUT2D eigenvalue weighted by Crippen LogP contribution is -2.15. The molecule has 1 rings (SSSR count). The average molecular weight is 254 g/mol. The summed E-state index contributed by atoms with van der Waals surface area (Å²) in [7, 11) is 0. The summed E-state index contributed by atoms with van der Waals surface area (Å²) in [5.74, 6) is 7.52. The zero-order chi connectivity index (χ0) is 13.5. The number of rotatable bonds is 7. The molecule has 0 aromatic carbocycles. The van der Waals surface area contributed by atoms with Gasteiger partial charge in [-0.2, -0.15) is 4.98 Å². The Morgan fingerprint density at radius 1 is 1.28 bits per heavy atom. The SMILES string of the molecule is CCOCCOc1nc(C(C)C)nc(NN)c1C. The van der Waals surface area contributed by atoms with Gasteiger partial charge in [0.1, 0.15) is 18.2 Å². The molecular weight excluding hydrogens is 232 g/mol. The lowest BCUT2D eigenvalue weighted by Gasteiger charge is -2.14. The van der Waals surface area contributed by atoms with Gasteiger partial charge in [-0.25, -0.2) is 10.8 Å². The molecule has 0 spiro atoms. The summed E-state index contributed by atoms with van der Waals surface area (Å²) in [5, 5.41) is 0. The number of hydrogen-bond donors (Lipinski definition) is 2. The third-order valence-corrected chi connectivity index (χ3v) is 2.44. The zero-order valence-corrected chi connectivity index (χ0v) is 11.5. The molecule has 3 N–H and O–H groups in total. The molecule has 0 amide bonds. The van der Waals surface area contributed by atoms with Crippen LogP contribution >= 0.6 is 0 Å². The maximum Gasteiger partial charge on any atom is 0.221 e. The molecule has 6 nitrogen and oxygen atoms in total. The normalized spacial score (nSPS) is 10.8. The highest BCUT2D eigenvalue weighted by molar-refractivity contribution is 5.47. The summed E-state index contributed by atoms with van der Waals surface area (Å²) >= 11 is 0. The van der Waals surface area contributed by atoms with Gasteiger partial charge in [0.05, 0.1) is 12.2 Å². The first kappa shape index (κ1) is 14.7. The molecule has 1 aromatic rings. The van der Waals surface area contributed by atoms with Crippen molar-refractivity contribution in [3.8, 4) is 5.88 Å². The molecule has 102 valence electrons. The number of nitrogens with two attached hydrogens (primary N) is 1. The van der Waals surface area contributed by atoms with Gasteiger partial charge in [0.15, 0.2) is 0 Å². The van der Waals surface area contributed by atoms with Gasteiger partial charge in [-0.05, 0) is 13.8 Å². The lowest BCUT2D eigenvalue weighted by molar-refractivity contribution is 0.108. The predicted octanol–water partition coefficient (Wildman–Crippen LogP) is 1.61. The molecule has 0 radical (unpaired) electrons. The van der Waals surface area contributed by atoms with Crippen molar-refractivity contribution in [2.24, 2.45) is 5.84 Å². The summed E-state index contributed by atoms with van der Waals surface area (Å²) < 4.78 is 10.8. The van der Waals surface area contributed by atoms with E-state index in [-0.39, 0.29) is 5.92 Å². The third kappa shape index (κ3) is 3.82. The zero-order valence-electron chi connectivity index (χ0n) is 11.5. The lowest BCUT2D eigenvalue weighted by atomic mass is 10.2. The Morgan fingerprint density at radius 3 is 2.56 bits per heavy atom. The summed E-state index contributed by atoms with van der Waals surface area (Å²) in [6, 6.07) is 0. The average Bonchev–Trinajstić information content (AvgIpc) is 2.36. The quantitative estimate of drug-likeness (QED) is 0.437. The Balaban J connectivity index is 2.84. The van der Waals surface area contributed by atoms with E-state index in [0.29, 0.717) is 37.3 Å². The van der Waals surface area contributed by atoms with Crippen LogP contribution in [0.4, 0.5) is 5.82 Å². The number of hydrogen-bond acceptors (Lipinski definition) is 6. The minimum atomic E-state index is 0.215. The number of nitrogens with one attached hydrogen (secondary N) is 1. The van der Waals surface area contributed by atoms with Crippen LogP contribution in [0, 0.1) is 6.92 Å². The van der Waals surface area contributed by atoms with E-state index < -0.39 is 0 Å². The molecule has 0 unspecified atom stereocenters. The van der Waals surface area contributed by atoms with Crippen LogP contribution in [0.5, 0.6) is 5.88 Å². The highest BCUT2D eigenvalue weighted by atomic mass is 16.5. The van der Waals surface area contributed by atoms with Crippen LogP contribution in [0.3, 0.4) is 0 Å².